The highest BCUT2D eigenvalue weighted by Gasteiger charge is 2.10. The Morgan fingerprint density at radius 3 is 2.70 bits per heavy atom. The SMILES string of the molecule is CCc1ccc(COc2cc(F)ccc2C(C)=NO)s1. The third-order valence-electron chi connectivity index (χ3n) is 2.92. The lowest BCUT2D eigenvalue weighted by molar-refractivity contribution is 0.305. The molecule has 5 heteroatoms. The number of halogens is 1. The van der Waals surface area contributed by atoms with E-state index in [1.165, 1.54) is 17.0 Å². The number of oxime groups is 1. The summed E-state index contributed by atoms with van der Waals surface area (Å²) in [7, 11) is 0. The van der Waals surface area contributed by atoms with Crippen LogP contribution in [0.2, 0.25) is 0 Å². The zero-order chi connectivity index (χ0) is 14.5. The van der Waals surface area contributed by atoms with Crippen LogP contribution >= 0.6 is 11.3 Å². The number of thiophene rings is 1. The molecule has 1 heterocycles. The van der Waals surface area contributed by atoms with Gasteiger partial charge in [-0.05, 0) is 37.6 Å². The lowest BCUT2D eigenvalue weighted by atomic mass is 10.1. The van der Waals surface area contributed by atoms with Gasteiger partial charge in [0, 0.05) is 21.4 Å². The highest BCUT2D eigenvalue weighted by molar-refractivity contribution is 7.11. The summed E-state index contributed by atoms with van der Waals surface area (Å²) in [4.78, 5) is 2.37. The first-order valence-electron chi connectivity index (χ1n) is 6.33. The van der Waals surface area contributed by atoms with Gasteiger partial charge in [-0.3, -0.25) is 0 Å². The molecule has 0 amide bonds. The van der Waals surface area contributed by atoms with E-state index in [4.69, 9.17) is 9.94 Å². The third-order valence-corrected chi connectivity index (χ3v) is 4.12. The maximum atomic E-state index is 13.3. The van der Waals surface area contributed by atoms with Crippen LogP contribution in [0.5, 0.6) is 5.75 Å². The Morgan fingerprint density at radius 1 is 1.30 bits per heavy atom. The Hall–Kier alpha value is -1.88. The molecule has 0 saturated carbocycles. The summed E-state index contributed by atoms with van der Waals surface area (Å²) in [5.41, 5.74) is 0.974. The lowest BCUT2D eigenvalue weighted by Gasteiger charge is -2.10. The van der Waals surface area contributed by atoms with Crippen molar-refractivity contribution in [2.75, 3.05) is 0 Å². The molecule has 1 aromatic heterocycles. The predicted octanol–water partition coefficient (Wildman–Crippen LogP) is 4.23. The molecule has 0 saturated heterocycles. The Bertz CT molecular complexity index is 622. The van der Waals surface area contributed by atoms with E-state index in [-0.39, 0.29) is 5.82 Å². The van der Waals surface area contributed by atoms with Gasteiger partial charge in [0.05, 0.1) is 5.71 Å². The summed E-state index contributed by atoms with van der Waals surface area (Å²) < 4.78 is 19.0. The van der Waals surface area contributed by atoms with Crippen molar-refractivity contribution in [3.8, 4) is 5.75 Å². The van der Waals surface area contributed by atoms with Crippen molar-refractivity contribution in [1.29, 1.82) is 0 Å². The second-order valence-corrected chi connectivity index (χ2v) is 5.59. The molecule has 106 valence electrons. The molecule has 0 atom stereocenters. The number of benzene rings is 1. The van der Waals surface area contributed by atoms with Crippen molar-refractivity contribution in [3.63, 3.8) is 0 Å². The molecule has 1 aromatic carbocycles. The monoisotopic (exact) mass is 293 g/mol. The van der Waals surface area contributed by atoms with Crippen LogP contribution < -0.4 is 4.74 Å². The molecular formula is C15H16FNO2S. The summed E-state index contributed by atoms with van der Waals surface area (Å²) in [5, 5.41) is 12.0. The van der Waals surface area contributed by atoms with Crippen molar-refractivity contribution >= 4 is 17.0 Å². The van der Waals surface area contributed by atoms with E-state index in [1.807, 2.05) is 6.07 Å². The zero-order valence-electron chi connectivity index (χ0n) is 11.4. The maximum absolute atomic E-state index is 13.3. The summed E-state index contributed by atoms with van der Waals surface area (Å²) >= 11 is 1.68. The molecule has 20 heavy (non-hydrogen) atoms. The fraction of sp³-hybridized carbons (Fsp3) is 0.267. The summed E-state index contributed by atoms with van der Waals surface area (Å²) in [6.45, 7) is 4.11. The van der Waals surface area contributed by atoms with E-state index < -0.39 is 0 Å². The first-order valence-corrected chi connectivity index (χ1v) is 7.14. The van der Waals surface area contributed by atoms with Crippen molar-refractivity contribution in [1.82, 2.24) is 0 Å². The zero-order valence-corrected chi connectivity index (χ0v) is 12.2. The molecule has 0 unspecified atom stereocenters. The molecule has 0 spiro atoms. The molecule has 0 aliphatic heterocycles. The van der Waals surface area contributed by atoms with Gasteiger partial charge in [-0.15, -0.1) is 11.3 Å². The molecule has 1 N–H and O–H groups in total. The van der Waals surface area contributed by atoms with Crippen molar-refractivity contribution in [3.05, 3.63) is 51.5 Å². The van der Waals surface area contributed by atoms with Gasteiger partial charge in [-0.2, -0.15) is 0 Å². The minimum absolute atomic E-state index is 0.375. The smallest absolute Gasteiger partial charge is 0.131 e. The number of aryl methyl sites for hydroxylation is 1. The fourth-order valence-corrected chi connectivity index (χ4v) is 2.68. The Kier molecular flexibility index (Phi) is 4.74. The molecule has 0 radical (unpaired) electrons. The van der Waals surface area contributed by atoms with Crippen LogP contribution in [0.4, 0.5) is 4.39 Å². The topological polar surface area (TPSA) is 41.8 Å². The lowest BCUT2D eigenvalue weighted by Crippen LogP contribution is -2.02. The summed E-state index contributed by atoms with van der Waals surface area (Å²) in [5.74, 6) is 0.00154. The van der Waals surface area contributed by atoms with Crippen LogP contribution in [-0.4, -0.2) is 10.9 Å². The van der Waals surface area contributed by atoms with E-state index in [0.717, 1.165) is 11.3 Å². The molecule has 0 fully saturated rings. The first kappa shape index (κ1) is 14.5. The van der Waals surface area contributed by atoms with Crippen LogP contribution in [0, 0.1) is 5.82 Å². The average Bonchev–Trinajstić information content (AvgIpc) is 2.92. The molecule has 0 aliphatic carbocycles. The van der Waals surface area contributed by atoms with E-state index in [1.54, 1.807) is 24.3 Å². The predicted molar refractivity (Wildman–Crippen MR) is 78.4 cm³/mol. The number of hydrogen-bond donors (Lipinski definition) is 1. The number of ether oxygens (including phenoxy) is 1. The van der Waals surface area contributed by atoms with E-state index >= 15 is 0 Å². The standard InChI is InChI=1S/C15H16FNO2S/c1-3-12-5-6-13(20-12)9-19-15-8-11(16)4-7-14(15)10(2)17-18/h4-8,18H,3,9H2,1-2H3. The van der Waals surface area contributed by atoms with Crippen molar-refractivity contribution in [2.45, 2.75) is 26.9 Å². The van der Waals surface area contributed by atoms with Crippen LogP contribution in [0.3, 0.4) is 0 Å². The number of hydrogen-bond acceptors (Lipinski definition) is 4. The maximum Gasteiger partial charge on any atom is 0.131 e. The van der Waals surface area contributed by atoms with E-state index in [2.05, 4.69) is 18.1 Å². The summed E-state index contributed by atoms with van der Waals surface area (Å²) in [6, 6.07) is 8.24. The van der Waals surface area contributed by atoms with Gasteiger partial charge in [-0.25, -0.2) is 4.39 Å². The minimum atomic E-state index is -0.380. The minimum Gasteiger partial charge on any atom is -0.487 e. The molecule has 3 nitrogen and oxygen atoms in total. The van der Waals surface area contributed by atoms with Gasteiger partial charge in [0.15, 0.2) is 0 Å². The molecule has 2 aromatic rings. The highest BCUT2D eigenvalue weighted by Crippen LogP contribution is 2.24. The summed E-state index contributed by atoms with van der Waals surface area (Å²) in [6.07, 6.45) is 0.992. The van der Waals surface area contributed by atoms with Gasteiger partial charge in [0.25, 0.3) is 0 Å². The third kappa shape index (κ3) is 3.36. The van der Waals surface area contributed by atoms with Gasteiger partial charge in [0.2, 0.25) is 0 Å². The van der Waals surface area contributed by atoms with Crippen LogP contribution in [-0.2, 0) is 13.0 Å². The Morgan fingerprint density at radius 2 is 2.05 bits per heavy atom. The molecular weight excluding hydrogens is 277 g/mol. The fourth-order valence-electron chi connectivity index (χ4n) is 1.81. The molecule has 0 bridgehead atoms. The Labute approximate surface area is 121 Å². The van der Waals surface area contributed by atoms with Crippen LogP contribution in [0.15, 0.2) is 35.5 Å². The first-order chi connectivity index (χ1) is 9.63. The van der Waals surface area contributed by atoms with Crippen LogP contribution in [0.1, 0.15) is 29.2 Å². The van der Waals surface area contributed by atoms with Crippen LogP contribution in [0.25, 0.3) is 0 Å². The van der Waals surface area contributed by atoms with Gasteiger partial charge in [-0.1, -0.05) is 12.1 Å². The van der Waals surface area contributed by atoms with Crippen molar-refractivity contribution < 1.29 is 14.3 Å². The largest absolute Gasteiger partial charge is 0.487 e. The van der Waals surface area contributed by atoms with Gasteiger partial charge in [0.1, 0.15) is 18.2 Å². The van der Waals surface area contributed by atoms with E-state index in [9.17, 15) is 4.39 Å². The quantitative estimate of drug-likeness (QED) is 0.509. The second kappa shape index (κ2) is 6.52. The Balaban J connectivity index is 2.17. The normalized spacial score (nSPS) is 11.7. The van der Waals surface area contributed by atoms with Crippen molar-refractivity contribution in [2.24, 2.45) is 5.16 Å². The van der Waals surface area contributed by atoms with E-state index in [0.29, 0.717) is 23.6 Å². The van der Waals surface area contributed by atoms with Gasteiger partial charge >= 0.3 is 0 Å². The van der Waals surface area contributed by atoms with Gasteiger partial charge < -0.3 is 9.94 Å². The number of rotatable bonds is 5. The molecule has 0 aliphatic rings. The molecule has 2 rings (SSSR count). The number of nitrogens with zero attached hydrogens (tertiary/aromatic N) is 1. The highest BCUT2D eigenvalue weighted by atomic mass is 32.1. The average molecular weight is 293 g/mol. The second-order valence-electron chi connectivity index (χ2n) is 4.34.